The number of carbonyl (C=O) groups excluding carboxylic acids is 2. The second kappa shape index (κ2) is 9.14. The first kappa shape index (κ1) is 22.6. The van der Waals surface area contributed by atoms with Crippen LogP contribution in [0.15, 0.2) is 42.0 Å². The van der Waals surface area contributed by atoms with E-state index in [1.54, 1.807) is 43.5 Å². The Morgan fingerprint density at radius 2 is 1.97 bits per heavy atom. The van der Waals surface area contributed by atoms with E-state index >= 15 is 0 Å². The van der Waals surface area contributed by atoms with Crippen LogP contribution in [0.4, 0.5) is 0 Å². The van der Waals surface area contributed by atoms with Crippen LogP contribution >= 0.6 is 23.2 Å². The lowest BCUT2D eigenvalue weighted by Gasteiger charge is -2.25. The highest BCUT2D eigenvalue weighted by atomic mass is 35.5. The predicted octanol–water partition coefficient (Wildman–Crippen LogP) is 4.78. The van der Waals surface area contributed by atoms with Gasteiger partial charge in [0.1, 0.15) is 17.6 Å². The summed E-state index contributed by atoms with van der Waals surface area (Å²) in [6.07, 6.45) is 1.29. The summed E-state index contributed by atoms with van der Waals surface area (Å²) in [5.74, 6) is -0.871. The minimum absolute atomic E-state index is 0.0257. The molecule has 0 spiro atoms. The number of methoxy groups -OCH3 is 1. The van der Waals surface area contributed by atoms with Gasteiger partial charge in [-0.15, -0.1) is 0 Å². The van der Waals surface area contributed by atoms with Crippen molar-refractivity contribution in [2.75, 3.05) is 20.3 Å². The fourth-order valence-electron chi connectivity index (χ4n) is 4.24. The summed E-state index contributed by atoms with van der Waals surface area (Å²) in [5.41, 5.74) is 2.02. The van der Waals surface area contributed by atoms with Crippen molar-refractivity contribution in [1.29, 1.82) is 0 Å². The molecule has 0 aliphatic carbocycles. The Labute approximate surface area is 196 Å². The summed E-state index contributed by atoms with van der Waals surface area (Å²) in [4.78, 5) is 27.4. The highest BCUT2D eigenvalue weighted by molar-refractivity contribution is 6.46. The van der Waals surface area contributed by atoms with Gasteiger partial charge in [0.15, 0.2) is 0 Å². The minimum Gasteiger partial charge on any atom is -0.507 e. The number of aliphatic hydroxyl groups is 1. The molecular weight excluding hydrogens is 453 g/mol. The molecule has 32 heavy (non-hydrogen) atoms. The summed E-state index contributed by atoms with van der Waals surface area (Å²) in [6, 6.07) is 9.42. The van der Waals surface area contributed by atoms with E-state index in [0.717, 1.165) is 11.3 Å². The molecule has 8 heteroatoms. The summed E-state index contributed by atoms with van der Waals surface area (Å²) in [6.45, 7) is 2.69. The number of hydrogen-bond acceptors (Lipinski definition) is 5. The van der Waals surface area contributed by atoms with Crippen LogP contribution in [0.1, 0.15) is 36.1 Å². The maximum Gasteiger partial charge on any atom is 0.295 e. The molecule has 2 aliphatic rings. The smallest absolute Gasteiger partial charge is 0.295 e. The van der Waals surface area contributed by atoms with Crippen molar-refractivity contribution < 1.29 is 24.2 Å². The number of fused-ring (bicyclic) bond motifs is 1. The van der Waals surface area contributed by atoms with E-state index in [4.69, 9.17) is 32.7 Å². The second-order valence-electron chi connectivity index (χ2n) is 7.97. The molecule has 2 aromatic carbocycles. The molecule has 0 radical (unpaired) electrons. The maximum absolute atomic E-state index is 13.1. The molecule has 2 aliphatic heterocycles. The lowest BCUT2D eigenvalue weighted by molar-refractivity contribution is -0.140. The third-order valence-electron chi connectivity index (χ3n) is 5.72. The van der Waals surface area contributed by atoms with Gasteiger partial charge in [0.05, 0.1) is 21.7 Å². The van der Waals surface area contributed by atoms with Gasteiger partial charge in [-0.1, -0.05) is 29.3 Å². The zero-order valence-corrected chi connectivity index (χ0v) is 19.2. The Balaban J connectivity index is 1.82. The van der Waals surface area contributed by atoms with Gasteiger partial charge in [-0.2, -0.15) is 0 Å². The van der Waals surface area contributed by atoms with Gasteiger partial charge < -0.3 is 19.5 Å². The molecule has 2 atom stereocenters. The molecule has 1 N–H and O–H groups in total. The minimum atomic E-state index is -0.787. The molecule has 4 rings (SSSR count). The number of carbonyl (C=O) groups is 2. The largest absolute Gasteiger partial charge is 0.507 e. The Morgan fingerprint density at radius 3 is 2.69 bits per heavy atom. The van der Waals surface area contributed by atoms with Gasteiger partial charge in [-0.05, 0) is 54.8 Å². The molecular formula is C24H23Cl2NO5. The topological polar surface area (TPSA) is 76.1 Å². The first-order valence-corrected chi connectivity index (χ1v) is 11.1. The summed E-state index contributed by atoms with van der Waals surface area (Å²) >= 11 is 12.3. The molecule has 0 aromatic heterocycles. The maximum atomic E-state index is 13.1. The van der Waals surface area contributed by atoms with Crippen molar-refractivity contribution in [3.63, 3.8) is 0 Å². The van der Waals surface area contributed by atoms with Gasteiger partial charge in [0.2, 0.25) is 0 Å². The third-order valence-corrected chi connectivity index (χ3v) is 6.46. The van der Waals surface area contributed by atoms with Crippen LogP contribution in [0.5, 0.6) is 5.75 Å². The Morgan fingerprint density at radius 1 is 1.19 bits per heavy atom. The molecule has 0 bridgehead atoms. The van der Waals surface area contributed by atoms with Crippen molar-refractivity contribution >= 4 is 40.7 Å². The number of nitrogens with zero attached hydrogens (tertiary/aromatic N) is 1. The fraction of sp³-hybridized carbons (Fsp3) is 0.333. The quantitative estimate of drug-likeness (QED) is 0.281. The van der Waals surface area contributed by atoms with Gasteiger partial charge in [-0.25, -0.2) is 0 Å². The summed E-state index contributed by atoms with van der Waals surface area (Å²) in [7, 11) is 1.57. The van der Waals surface area contributed by atoms with E-state index in [2.05, 4.69) is 0 Å². The lowest BCUT2D eigenvalue weighted by Crippen LogP contribution is -2.31. The molecule has 2 aromatic rings. The van der Waals surface area contributed by atoms with Crippen LogP contribution in [0, 0.1) is 0 Å². The molecule has 1 saturated heterocycles. The highest BCUT2D eigenvalue weighted by Gasteiger charge is 2.46. The van der Waals surface area contributed by atoms with Crippen LogP contribution in [0.2, 0.25) is 10.0 Å². The van der Waals surface area contributed by atoms with Crippen molar-refractivity contribution in [2.45, 2.75) is 31.9 Å². The average Bonchev–Trinajstić information content (AvgIpc) is 3.26. The number of benzene rings is 2. The van der Waals surface area contributed by atoms with E-state index < -0.39 is 17.7 Å². The molecule has 2 unspecified atom stereocenters. The fourth-order valence-corrected chi connectivity index (χ4v) is 4.55. The van der Waals surface area contributed by atoms with Gasteiger partial charge in [0.25, 0.3) is 11.7 Å². The number of ketones is 1. The second-order valence-corrected chi connectivity index (χ2v) is 8.78. The number of hydrogen-bond donors (Lipinski definition) is 1. The van der Waals surface area contributed by atoms with E-state index in [9.17, 15) is 14.7 Å². The average molecular weight is 476 g/mol. The van der Waals surface area contributed by atoms with Crippen molar-refractivity contribution in [2.24, 2.45) is 0 Å². The number of ether oxygens (including phenoxy) is 2. The molecule has 1 fully saturated rings. The van der Waals surface area contributed by atoms with Gasteiger partial charge in [0, 0.05) is 32.2 Å². The molecule has 168 valence electrons. The first-order chi connectivity index (χ1) is 15.3. The lowest BCUT2D eigenvalue weighted by atomic mass is 9.94. The van der Waals surface area contributed by atoms with Crippen molar-refractivity contribution in [3.8, 4) is 5.75 Å². The zero-order valence-electron chi connectivity index (χ0n) is 17.7. The highest BCUT2D eigenvalue weighted by Crippen LogP contribution is 2.41. The first-order valence-electron chi connectivity index (χ1n) is 10.3. The summed E-state index contributed by atoms with van der Waals surface area (Å²) < 4.78 is 10.8. The molecule has 2 heterocycles. The number of aliphatic hydroxyl groups excluding tert-OH is 1. The number of halogens is 2. The third kappa shape index (κ3) is 4.10. The van der Waals surface area contributed by atoms with Gasteiger partial charge in [-0.3, -0.25) is 9.59 Å². The Hall–Kier alpha value is -2.54. The zero-order chi connectivity index (χ0) is 23.0. The Bertz CT molecular complexity index is 1110. The normalized spacial score (nSPS) is 21.7. The number of Topliss-reactive ketones (excluding diaryl/α,β-unsaturated/α-hetero) is 1. The van der Waals surface area contributed by atoms with Crippen LogP contribution < -0.4 is 4.74 Å². The predicted molar refractivity (Wildman–Crippen MR) is 122 cm³/mol. The number of likely N-dealkylation sites (tertiary alicyclic amines) is 1. The monoisotopic (exact) mass is 475 g/mol. The standard InChI is InChI=1S/C24H23Cl2NO5/c1-13-10-16-11-15(5-7-19(16)32-13)22(28)20-21(14-4-6-17(25)18(26)12-14)27(8-3-9-31-2)24(30)23(20)29/h4-7,11-13,21,28H,3,8-10H2,1-2H3. The van der Waals surface area contributed by atoms with Crippen LogP contribution in [0.3, 0.4) is 0 Å². The summed E-state index contributed by atoms with van der Waals surface area (Å²) in [5, 5.41) is 11.9. The van der Waals surface area contributed by atoms with Crippen molar-refractivity contribution in [3.05, 3.63) is 68.7 Å². The Kier molecular flexibility index (Phi) is 6.47. The van der Waals surface area contributed by atoms with E-state index in [1.165, 1.54) is 4.90 Å². The molecule has 6 nitrogen and oxygen atoms in total. The van der Waals surface area contributed by atoms with E-state index in [0.29, 0.717) is 40.6 Å². The number of amides is 1. The number of rotatable bonds is 6. The molecule has 1 amide bonds. The van der Waals surface area contributed by atoms with E-state index in [1.807, 2.05) is 6.92 Å². The van der Waals surface area contributed by atoms with Crippen LogP contribution in [-0.4, -0.2) is 48.1 Å². The van der Waals surface area contributed by atoms with Crippen LogP contribution in [0.25, 0.3) is 5.76 Å². The van der Waals surface area contributed by atoms with Gasteiger partial charge >= 0.3 is 0 Å². The molecule has 0 saturated carbocycles. The van der Waals surface area contributed by atoms with Crippen molar-refractivity contribution in [1.82, 2.24) is 4.90 Å². The van der Waals surface area contributed by atoms with Crippen LogP contribution in [-0.2, 0) is 20.7 Å². The SMILES string of the molecule is COCCCN1C(=O)C(=O)C(=C(O)c2ccc3c(c2)CC(C)O3)C1c1ccc(Cl)c(Cl)c1. The van der Waals surface area contributed by atoms with E-state index in [-0.39, 0.29) is 24.0 Å².